The van der Waals surface area contributed by atoms with E-state index in [0.29, 0.717) is 6.42 Å². The van der Waals surface area contributed by atoms with Gasteiger partial charge in [-0.15, -0.1) is 13.2 Å². The van der Waals surface area contributed by atoms with Crippen molar-refractivity contribution in [3.05, 3.63) is 24.3 Å². The molecule has 0 saturated heterocycles. The summed E-state index contributed by atoms with van der Waals surface area (Å²) < 4.78 is 44.6. The highest BCUT2D eigenvalue weighted by Gasteiger charge is 2.31. The Labute approximate surface area is 137 Å². The highest BCUT2D eigenvalue weighted by atomic mass is 19.4. The maximum atomic E-state index is 12.1. The first kappa shape index (κ1) is 19.6. The lowest BCUT2D eigenvalue weighted by Gasteiger charge is -2.22. The molecule has 2 amide bonds. The van der Waals surface area contributed by atoms with Crippen LogP contribution in [0.5, 0.6) is 5.75 Å². The van der Waals surface area contributed by atoms with Gasteiger partial charge in [0.25, 0.3) is 0 Å². The molecule has 1 rings (SSSR count). The minimum absolute atomic E-state index is 0.147. The molecule has 0 radical (unpaired) electrons. The van der Waals surface area contributed by atoms with E-state index in [9.17, 15) is 22.8 Å². The molecule has 0 aliphatic carbocycles. The second-order valence-electron chi connectivity index (χ2n) is 5.06. The number of hydrogen-bond donors (Lipinski definition) is 2. The zero-order valence-electron chi connectivity index (χ0n) is 13.4. The average molecular weight is 348 g/mol. The number of esters is 1. The fourth-order valence-corrected chi connectivity index (χ4v) is 1.84. The summed E-state index contributed by atoms with van der Waals surface area (Å²) in [6, 6.07) is 3.13. The number of methoxy groups -OCH3 is 1. The quantitative estimate of drug-likeness (QED) is 0.774. The summed E-state index contributed by atoms with van der Waals surface area (Å²) in [5, 5.41) is 4.91. The molecular weight excluding hydrogens is 329 g/mol. The Kier molecular flexibility index (Phi) is 6.87. The topological polar surface area (TPSA) is 76.7 Å². The van der Waals surface area contributed by atoms with Crippen LogP contribution in [0, 0.1) is 5.92 Å². The van der Waals surface area contributed by atoms with E-state index in [0.717, 1.165) is 12.1 Å². The number of hydrogen-bond acceptors (Lipinski definition) is 4. The second-order valence-corrected chi connectivity index (χ2v) is 5.06. The standard InChI is InChI=1S/C15H19F3N2O4/c1-4-9(2)12(13(21)23-3)20-14(22)19-10-5-7-11(8-6-10)24-15(16,17)18/h5-9,12H,4H2,1-3H3,(H2,19,20,22)/t9?,12-/m1/s1. The van der Waals surface area contributed by atoms with Gasteiger partial charge in [-0.25, -0.2) is 9.59 Å². The first-order valence-corrected chi connectivity index (χ1v) is 7.17. The predicted molar refractivity (Wildman–Crippen MR) is 80.5 cm³/mol. The number of carbonyl (C=O) groups excluding carboxylic acids is 2. The Morgan fingerprint density at radius 1 is 1.21 bits per heavy atom. The first-order valence-electron chi connectivity index (χ1n) is 7.17. The smallest absolute Gasteiger partial charge is 0.467 e. The molecule has 9 heteroatoms. The van der Waals surface area contributed by atoms with Gasteiger partial charge in [-0.2, -0.15) is 0 Å². The third kappa shape index (κ3) is 6.35. The van der Waals surface area contributed by atoms with Crippen LogP contribution in [-0.4, -0.2) is 31.5 Å². The fraction of sp³-hybridized carbons (Fsp3) is 0.467. The molecule has 24 heavy (non-hydrogen) atoms. The highest BCUT2D eigenvalue weighted by Crippen LogP contribution is 2.23. The number of alkyl halides is 3. The van der Waals surface area contributed by atoms with Crippen molar-refractivity contribution in [2.75, 3.05) is 12.4 Å². The van der Waals surface area contributed by atoms with Crippen molar-refractivity contribution in [2.45, 2.75) is 32.7 Å². The lowest BCUT2D eigenvalue weighted by molar-refractivity contribution is -0.274. The monoisotopic (exact) mass is 348 g/mol. The summed E-state index contributed by atoms with van der Waals surface area (Å²) in [5.41, 5.74) is 0.245. The van der Waals surface area contributed by atoms with Gasteiger partial charge in [0.2, 0.25) is 0 Å². The number of ether oxygens (including phenoxy) is 2. The molecule has 0 saturated carbocycles. The summed E-state index contributed by atoms with van der Waals surface area (Å²) in [7, 11) is 1.22. The molecule has 0 heterocycles. The SMILES string of the molecule is CCC(C)[C@@H](NC(=O)Nc1ccc(OC(F)(F)F)cc1)C(=O)OC. The Morgan fingerprint density at radius 2 is 1.79 bits per heavy atom. The third-order valence-corrected chi connectivity index (χ3v) is 3.30. The van der Waals surface area contributed by atoms with Crippen molar-refractivity contribution in [3.63, 3.8) is 0 Å². The number of anilines is 1. The molecule has 2 N–H and O–H groups in total. The van der Waals surface area contributed by atoms with E-state index in [-0.39, 0.29) is 11.6 Å². The van der Waals surface area contributed by atoms with Crippen molar-refractivity contribution in [3.8, 4) is 5.75 Å². The molecule has 1 unspecified atom stereocenters. The largest absolute Gasteiger partial charge is 0.573 e. The predicted octanol–water partition coefficient (Wildman–Crippen LogP) is 3.29. The van der Waals surface area contributed by atoms with Crippen molar-refractivity contribution in [1.82, 2.24) is 5.32 Å². The van der Waals surface area contributed by atoms with Crippen LogP contribution in [0.3, 0.4) is 0 Å². The molecule has 2 atom stereocenters. The van der Waals surface area contributed by atoms with Gasteiger partial charge in [0, 0.05) is 5.69 Å². The molecule has 134 valence electrons. The third-order valence-electron chi connectivity index (χ3n) is 3.30. The number of urea groups is 1. The van der Waals surface area contributed by atoms with E-state index in [1.165, 1.54) is 19.2 Å². The van der Waals surface area contributed by atoms with E-state index in [1.807, 2.05) is 6.92 Å². The minimum atomic E-state index is -4.78. The van der Waals surface area contributed by atoms with Crippen molar-refractivity contribution in [2.24, 2.45) is 5.92 Å². The van der Waals surface area contributed by atoms with Gasteiger partial charge in [0.1, 0.15) is 11.8 Å². The molecule has 1 aromatic carbocycles. The van der Waals surface area contributed by atoms with Crippen LogP contribution in [0.4, 0.5) is 23.7 Å². The van der Waals surface area contributed by atoms with Crippen LogP contribution in [0.15, 0.2) is 24.3 Å². The highest BCUT2D eigenvalue weighted by molar-refractivity contribution is 5.92. The number of rotatable bonds is 6. The van der Waals surface area contributed by atoms with Gasteiger partial charge in [0.05, 0.1) is 7.11 Å². The van der Waals surface area contributed by atoms with Gasteiger partial charge in [-0.05, 0) is 30.2 Å². The van der Waals surface area contributed by atoms with Crippen LogP contribution >= 0.6 is 0 Å². The molecule has 6 nitrogen and oxygen atoms in total. The molecule has 0 aliphatic heterocycles. The van der Waals surface area contributed by atoms with E-state index in [2.05, 4.69) is 20.1 Å². The van der Waals surface area contributed by atoms with Crippen LogP contribution in [0.2, 0.25) is 0 Å². The molecule has 0 fully saturated rings. The zero-order chi connectivity index (χ0) is 18.3. The molecule has 0 spiro atoms. The number of amides is 2. The van der Waals surface area contributed by atoms with Crippen molar-refractivity contribution < 1.29 is 32.2 Å². The van der Waals surface area contributed by atoms with Crippen LogP contribution in [0.25, 0.3) is 0 Å². The Balaban J connectivity index is 2.68. The number of nitrogens with one attached hydrogen (secondary N) is 2. The summed E-state index contributed by atoms with van der Waals surface area (Å²) in [6.07, 6.45) is -4.14. The van der Waals surface area contributed by atoms with Crippen LogP contribution in [-0.2, 0) is 9.53 Å². The fourth-order valence-electron chi connectivity index (χ4n) is 1.84. The van der Waals surface area contributed by atoms with Crippen LogP contribution < -0.4 is 15.4 Å². The Bertz CT molecular complexity index is 561. The Hall–Kier alpha value is -2.45. The molecule has 0 bridgehead atoms. The molecule has 1 aromatic rings. The molecular formula is C15H19F3N2O4. The van der Waals surface area contributed by atoms with E-state index in [4.69, 9.17) is 0 Å². The number of benzene rings is 1. The Morgan fingerprint density at radius 3 is 2.25 bits per heavy atom. The lowest BCUT2D eigenvalue weighted by atomic mass is 9.99. The van der Waals surface area contributed by atoms with Gasteiger partial charge >= 0.3 is 18.4 Å². The molecule has 0 aromatic heterocycles. The van der Waals surface area contributed by atoms with Crippen molar-refractivity contribution >= 4 is 17.7 Å². The number of carbonyl (C=O) groups is 2. The maximum absolute atomic E-state index is 12.1. The van der Waals surface area contributed by atoms with E-state index >= 15 is 0 Å². The van der Waals surface area contributed by atoms with Gasteiger partial charge in [-0.3, -0.25) is 0 Å². The van der Waals surface area contributed by atoms with Gasteiger partial charge in [0.15, 0.2) is 0 Å². The van der Waals surface area contributed by atoms with E-state index < -0.39 is 30.2 Å². The zero-order valence-corrected chi connectivity index (χ0v) is 13.4. The normalized spacial score (nSPS) is 13.6. The maximum Gasteiger partial charge on any atom is 0.573 e. The second kappa shape index (κ2) is 8.42. The summed E-state index contributed by atoms with van der Waals surface area (Å²) in [4.78, 5) is 23.6. The summed E-state index contributed by atoms with van der Waals surface area (Å²) >= 11 is 0. The summed E-state index contributed by atoms with van der Waals surface area (Å²) in [6.45, 7) is 3.64. The minimum Gasteiger partial charge on any atom is -0.467 e. The average Bonchev–Trinajstić information content (AvgIpc) is 2.51. The van der Waals surface area contributed by atoms with Crippen LogP contribution in [0.1, 0.15) is 20.3 Å². The van der Waals surface area contributed by atoms with Crippen molar-refractivity contribution in [1.29, 1.82) is 0 Å². The van der Waals surface area contributed by atoms with Gasteiger partial charge < -0.3 is 20.1 Å². The lowest BCUT2D eigenvalue weighted by Crippen LogP contribution is -2.47. The number of halogens is 3. The molecule has 0 aliphatic rings. The van der Waals surface area contributed by atoms with E-state index in [1.54, 1.807) is 6.92 Å². The first-order chi connectivity index (χ1) is 11.2. The van der Waals surface area contributed by atoms with Gasteiger partial charge in [-0.1, -0.05) is 20.3 Å². The summed E-state index contributed by atoms with van der Waals surface area (Å²) in [5.74, 6) is -1.13.